The summed E-state index contributed by atoms with van der Waals surface area (Å²) in [5.74, 6) is -0.797. The molecule has 0 saturated heterocycles. The van der Waals surface area contributed by atoms with Crippen LogP contribution in [-0.4, -0.2) is 15.6 Å². The number of carbonyl (C=O) groups is 1. The van der Waals surface area contributed by atoms with Gasteiger partial charge in [-0.25, -0.2) is 0 Å². The van der Waals surface area contributed by atoms with Crippen LogP contribution in [0.3, 0.4) is 0 Å². The van der Waals surface area contributed by atoms with Crippen molar-refractivity contribution in [3.05, 3.63) is 34.2 Å². The topological polar surface area (TPSA) is 59.3 Å². The van der Waals surface area contributed by atoms with Gasteiger partial charge >= 0.3 is 5.97 Å². The number of pyridine rings is 1. The second-order valence-corrected chi connectivity index (χ2v) is 5.03. The van der Waals surface area contributed by atoms with Gasteiger partial charge < -0.3 is 9.67 Å². The molecule has 0 unspecified atom stereocenters. The Balaban J connectivity index is 2.58. The smallest absolute Gasteiger partial charge is 0.309 e. The van der Waals surface area contributed by atoms with E-state index in [-0.39, 0.29) is 5.56 Å². The van der Waals surface area contributed by atoms with E-state index in [2.05, 4.69) is 0 Å². The molecule has 0 amide bonds. The summed E-state index contributed by atoms with van der Waals surface area (Å²) in [7, 11) is 0. The minimum Gasteiger partial charge on any atom is -0.481 e. The zero-order chi connectivity index (χ0) is 13.1. The number of aryl methyl sites for hydroxylation is 2. The van der Waals surface area contributed by atoms with Gasteiger partial charge in [-0.1, -0.05) is 0 Å². The first-order chi connectivity index (χ1) is 7.83. The molecule has 94 valence electrons. The summed E-state index contributed by atoms with van der Waals surface area (Å²) in [6.45, 7) is 5.84. The maximum absolute atomic E-state index is 11.6. The molecule has 4 nitrogen and oxygen atoms in total. The molecule has 0 radical (unpaired) electrons. The molecule has 0 fully saturated rings. The fraction of sp³-hybridized carbons (Fsp3) is 0.538. The number of carboxylic acid groups (broad SMARTS) is 1. The first kappa shape index (κ1) is 13.5. The number of aliphatic carboxylic acids is 1. The molecule has 17 heavy (non-hydrogen) atoms. The van der Waals surface area contributed by atoms with E-state index >= 15 is 0 Å². The number of nitrogens with zero attached hydrogens (tertiary/aromatic N) is 1. The lowest BCUT2D eigenvalue weighted by molar-refractivity contribution is -0.147. The third-order valence-corrected chi connectivity index (χ3v) is 2.93. The van der Waals surface area contributed by atoms with Crippen LogP contribution in [0.15, 0.2) is 23.1 Å². The lowest BCUT2D eigenvalue weighted by Gasteiger charge is -2.18. The van der Waals surface area contributed by atoms with Crippen molar-refractivity contribution >= 4 is 5.97 Å². The van der Waals surface area contributed by atoms with Gasteiger partial charge in [-0.2, -0.15) is 0 Å². The van der Waals surface area contributed by atoms with Crippen LogP contribution in [0.2, 0.25) is 0 Å². The Hall–Kier alpha value is -1.58. The maximum Gasteiger partial charge on any atom is 0.309 e. The Morgan fingerprint density at radius 1 is 1.47 bits per heavy atom. The van der Waals surface area contributed by atoms with E-state index in [4.69, 9.17) is 5.11 Å². The molecule has 4 heteroatoms. The molecule has 0 saturated carbocycles. The zero-order valence-electron chi connectivity index (χ0n) is 10.6. The molecule has 1 aromatic heterocycles. The molecule has 1 rings (SSSR count). The van der Waals surface area contributed by atoms with E-state index in [1.54, 1.807) is 30.7 Å². The first-order valence-electron chi connectivity index (χ1n) is 5.73. The van der Waals surface area contributed by atoms with Gasteiger partial charge in [0.25, 0.3) is 5.56 Å². The zero-order valence-corrected chi connectivity index (χ0v) is 10.6. The molecule has 0 aromatic carbocycles. The van der Waals surface area contributed by atoms with Gasteiger partial charge in [0.15, 0.2) is 0 Å². The predicted octanol–water partition coefficient (Wildman–Crippen LogP) is 2.05. The minimum atomic E-state index is -0.797. The van der Waals surface area contributed by atoms with E-state index in [0.717, 1.165) is 5.56 Å². The van der Waals surface area contributed by atoms with Gasteiger partial charge in [0.2, 0.25) is 0 Å². The van der Waals surface area contributed by atoms with Crippen molar-refractivity contribution in [2.24, 2.45) is 5.41 Å². The van der Waals surface area contributed by atoms with Gasteiger partial charge in [-0.3, -0.25) is 9.59 Å². The standard InChI is InChI=1S/C13H19NO3/c1-10-5-8-14(11(15)9-10)7-4-6-13(2,3)12(16)17/h5,8-9H,4,6-7H2,1-3H3,(H,16,17). The molecule has 1 aromatic rings. The third-order valence-electron chi connectivity index (χ3n) is 2.93. The van der Waals surface area contributed by atoms with Crippen LogP contribution >= 0.6 is 0 Å². The van der Waals surface area contributed by atoms with Crippen molar-refractivity contribution in [3.8, 4) is 0 Å². The molecule has 0 aliphatic heterocycles. The van der Waals surface area contributed by atoms with Crippen LogP contribution in [0.5, 0.6) is 0 Å². The van der Waals surface area contributed by atoms with Crippen LogP contribution in [0.25, 0.3) is 0 Å². The highest BCUT2D eigenvalue weighted by atomic mass is 16.4. The highest BCUT2D eigenvalue weighted by molar-refractivity contribution is 5.73. The van der Waals surface area contributed by atoms with E-state index < -0.39 is 11.4 Å². The van der Waals surface area contributed by atoms with Crippen LogP contribution in [0, 0.1) is 12.3 Å². The molecule has 0 aliphatic rings. The Bertz CT molecular complexity index is 460. The van der Waals surface area contributed by atoms with Crippen LogP contribution < -0.4 is 5.56 Å². The van der Waals surface area contributed by atoms with Gasteiger partial charge in [-0.05, 0) is 45.2 Å². The van der Waals surface area contributed by atoms with Gasteiger partial charge in [0.05, 0.1) is 5.41 Å². The van der Waals surface area contributed by atoms with Crippen molar-refractivity contribution < 1.29 is 9.90 Å². The average Bonchev–Trinajstić information content (AvgIpc) is 2.21. The number of hydrogen-bond acceptors (Lipinski definition) is 2. The summed E-state index contributed by atoms with van der Waals surface area (Å²) in [6, 6.07) is 3.46. The van der Waals surface area contributed by atoms with E-state index in [9.17, 15) is 9.59 Å². The minimum absolute atomic E-state index is 0.0295. The molecule has 0 spiro atoms. The normalized spacial score (nSPS) is 11.5. The monoisotopic (exact) mass is 237 g/mol. The maximum atomic E-state index is 11.6. The number of carboxylic acids is 1. The van der Waals surface area contributed by atoms with Crippen LogP contribution in [-0.2, 0) is 11.3 Å². The van der Waals surface area contributed by atoms with Crippen molar-refractivity contribution in [2.75, 3.05) is 0 Å². The first-order valence-corrected chi connectivity index (χ1v) is 5.73. The number of rotatable bonds is 5. The lowest BCUT2D eigenvalue weighted by Crippen LogP contribution is -2.25. The molecular weight excluding hydrogens is 218 g/mol. The van der Waals surface area contributed by atoms with E-state index in [1.165, 1.54) is 0 Å². The second kappa shape index (κ2) is 5.17. The largest absolute Gasteiger partial charge is 0.481 e. The van der Waals surface area contributed by atoms with Crippen molar-refractivity contribution in [1.82, 2.24) is 4.57 Å². The SMILES string of the molecule is Cc1ccn(CCCC(C)(C)C(=O)O)c(=O)c1. The van der Waals surface area contributed by atoms with E-state index in [0.29, 0.717) is 19.4 Å². The van der Waals surface area contributed by atoms with Crippen molar-refractivity contribution in [3.63, 3.8) is 0 Å². The Labute approximate surface area is 101 Å². The Kier molecular flexibility index (Phi) is 4.10. The molecule has 0 atom stereocenters. The van der Waals surface area contributed by atoms with Gasteiger partial charge in [0.1, 0.15) is 0 Å². The fourth-order valence-corrected chi connectivity index (χ4v) is 1.59. The number of hydrogen-bond donors (Lipinski definition) is 1. The van der Waals surface area contributed by atoms with Gasteiger partial charge in [0, 0.05) is 18.8 Å². The highest BCUT2D eigenvalue weighted by Gasteiger charge is 2.26. The van der Waals surface area contributed by atoms with Gasteiger partial charge in [-0.15, -0.1) is 0 Å². The van der Waals surface area contributed by atoms with Crippen molar-refractivity contribution in [1.29, 1.82) is 0 Å². The van der Waals surface area contributed by atoms with Crippen molar-refractivity contribution in [2.45, 2.75) is 40.2 Å². The predicted molar refractivity (Wildman–Crippen MR) is 66.1 cm³/mol. The molecule has 1 N–H and O–H groups in total. The fourth-order valence-electron chi connectivity index (χ4n) is 1.59. The summed E-state index contributed by atoms with van der Waals surface area (Å²) >= 11 is 0. The summed E-state index contributed by atoms with van der Waals surface area (Å²) in [5, 5.41) is 8.96. The molecule has 0 bridgehead atoms. The second-order valence-electron chi connectivity index (χ2n) is 5.03. The molecular formula is C13H19NO3. The summed E-state index contributed by atoms with van der Waals surface area (Å²) in [5.41, 5.74) is 0.184. The summed E-state index contributed by atoms with van der Waals surface area (Å²) in [4.78, 5) is 22.5. The average molecular weight is 237 g/mol. The quantitative estimate of drug-likeness (QED) is 0.852. The van der Waals surface area contributed by atoms with Crippen LogP contribution in [0.1, 0.15) is 32.3 Å². The Morgan fingerprint density at radius 2 is 2.12 bits per heavy atom. The Morgan fingerprint density at radius 3 is 2.65 bits per heavy atom. The number of aromatic nitrogens is 1. The highest BCUT2D eigenvalue weighted by Crippen LogP contribution is 2.22. The third kappa shape index (κ3) is 3.73. The summed E-state index contributed by atoms with van der Waals surface area (Å²) in [6.07, 6.45) is 3.00. The van der Waals surface area contributed by atoms with Crippen LogP contribution in [0.4, 0.5) is 0 Å². The molecule has 0 aliphatic carbocycles. The lowest BCUT2D eigenvalue weighted by atomic mass is 9.88. The van der Waals surface area contributed by atoms with E-state index in [1.807, 2.05) is 13.0 Å². The molecule has 1 heterocycles. The summed E-state index contributed by atoms with van der Waals surface area (Å²) < 4.78 is 1.62.